The maximum absolute atomic E-state index is 12.8. The van der Waals surface area contributed by atoms with E-state index in [1.54, 1.807) is 31.4 Å². The number of carbonyl (C=O) groups is 2. The number of methoxy groups -OCH3 is 1. The van der Waals surface area contributed by atoms with Gasteiger partial charge in [-0.25, -0.2) is 4.79 Å². The monoisotopic (exact) mass is 478 g/mol. The van der Waals surface area contributed by atoms with Crippen molar-refractivity contribution in [1.82, 2.24) is 0 Å². The zero-order valence-corrected chi connectivity index (χ0v) is 21.3. The van der Waals surface area contributed by atoms with E-state index in [4.69, 9.17) is 9.47 Å². The molecule has 1 atom stereocenters. The Kier molecular flexibility index (Phi) is 7.07. The van der Waals surface area contributed by atoms with Gasteiger partial charge in [-0.05, 0) is 91.9 Å². The van der Waals surface area contributed by atoms with Gasteiger partial charge in [-0.15, -0.1) is 0 Å². The summed E-state index contributed by atoms with van der Waals surface area (Å²) < 4.78 is 11.1. The lowest BCUT2D eigenvalue weighted by Crippen LogP contribution is -2.27. The van der Waals surface area contributed by atoms with Crippen molar-refractivity contribution in [3.05, 3.63) is 130 Å². The maximum Gasteiger partial charge on any atom is 0.343 e. The van der Waals surface area contributed by atoms with Crippen LogP contribution in [0.25, 0.3) is 0 Å². The van der Waals surface area contributed by atoms with Crippen LogP contribution >= 0.6 is 0 Å². The lowest BCUT2D eigenvalue weighted by Gasteiger charge is -2.34. The molecule has 0 heterocycles. The van der Waals surface area contributed by atoms with E-state index in [9.17, 15) is 9.59 Å². The van der Waals surface area contributed by atoms with Crippen molar-refractivity contribution < 1.29 is 19.1 Å². The Morgan fingerprint density at radius 2 is 1.28 bits per heavy atom. The van der Waals surface area contributed by atoms with Gasteiger partial charge in [0.05, 0.1) is 12.7 Å². The molecule has 0 spiro atoms. The van der Waals surface area contributed by atoms with Crippen LogP contribution in [0.1, 0.15) is 62.4 Å². The number of benzene rings is 4. The average Bonchev–Trinajstić information content (AvgIpc) is 2.88. The van der Waals surface area contributed by atoms with Crippen LogP contribution in [0.4, 0.5) is 0 Å². The Bertz CT molecular complexity index is 1420. The first-order valence-corrected chi connectivity index (χ1v) is 11.9. The summed E-state index contributed by atoms with van der Waals surface area (Å²) in [6, 6.07) is 28.9. The van der Waals surface area contributed by atoms with E-state index in [0.29, 0.717) is 16.9 Å². The van der Waals surface area contributed by atoms with Crippen molar-refractivity contribution in [2.75, 3.05) is 7.11 Å². The molecule has 4 aromatic rings. The van der Waals surface area contributed by atoms with Gasteiger partial charge in [0, 0.05) is 11.0 Å². The predicted molar refractivity (Wildman–Crippen MR) is 142 cm³/mol. The van der Waals surface area contributed by atoms with Crippen LogP contribution in [0.5, 0.6) is 11.5 Å². The highest BCUT2D eigenvalue weighted by molar-refractivity contribution is 5.98. The van der Waals surface area contributed by atoms with Gasteiger partial charge in [0.25, 0.3) is 0 Å². The second kappa shape index (κ2) is 10.2. The van der Waals surface area contributed by atoms with E-state index in [1.807, 2.05) is 49.4 Å². The number of Topliss-reactive ketones (excluding diaryl/α,β-unsaturated/α-hetero) is 1. The normalized spacial score (nSPS) is 12.5. The number of ether oxygens (including phenoxy) is 2. The molecule has 4 nitrogen and oxygen atoms in total. The Morgan fingerprint density at radius 1 is 0.694 bits per heavy atom. The summed E-state index contributed by atoms with van der Waals surface area (Å²) in [5.41, 5.74) is 5.94. The van der Waals surface area contributed by atoms with Crippen LogP contribution < -0.4 is 9.47 Å². The van der Waals surface area contributed by atoms with Crippen LogP contribution in [-0.2, 0) is 5.41 Å². The maximum atomic E-state index is 12.8. The van der Waals surface area contributed by atoms with E-state index in [2.05, 4.69) is 38.1 Å². The van der Waals surface area contributed by atoms with Gasteiger partial charge in [0.1, 0.15) is 11.5 Å². The number of carbonyl (C=O) groups excluding carboxylic acids is 2. The standard InChI is InChI=1S/C32H30O4/c1-21-18-27(35-5)14-16-29(21)32(4,26-12-7-6-8-13-26)30-17-15-28(19-22(30)2)36-31(34)25-11-9-10-24(20-25)23(3)33/h6-20H,1-5H3. The second-order valence-corrected chi connectivity index (χ2v) is 9.18. The molecule has 36 heavy (non-hydrogen) atoms. The summed E-state index contributed by atoms with van der Waals surface area (Å²) in [6.07, 6.45) is 0. The average molecular weight is 479 g/mol. The van der Waals surface area contributed by atoms with Crippen molar-refractivity contribution in [2.24, 2.45) is 0 Å². The largest absolute Gasteiger partial charge is 0.497 e. The molecule has 0 aromatic heterocycles. The Morgan fingerprint density at radius 3 is 1.86 bits per heavy atom. The zero-order chi connectivity index (χ0) is 25.9. The summed E-state index contributed by atoms with van der Waals surface area (Å²) in [7, 11) is 1.67. The molecule has 0 radical (unpaired) electrons. The molecular weight excluding hydrogens is 448 g/mol. The van der Waals surface area contributed by atoms with E-state index in [0.717, 1.165) is 28.0 Å². The molecule has 0 saturated carbocycles. The van der Waals surface area contributed by atoms with Crippen LogP contribution in [0.2, 0.25) is 0 Å². The third kappa shape index (κ3) is 4.80. The van der Waals surface area contributed by atoms with Crippen LogP contribution in [0.15, 0.2) is 91.0 Å². The number of aryl methyl sites for hydroxylation is 2. The van der Waals surface area contributed by atoms with Gasteiger partial charge in [0.2, 0.25) is 0 Å². The summed E-state index contributed by atoms with van der Waals surface area (Å²) in [5.74, 6) is 0.678. The molecule has 0 saturated heterocycles. The zero-order valence-electron chi connectivity index (χ0n) is 21.3. The van der Waals surface area contributed by atoms with Gasteiger partial charge in [-0.1, -0.05) is 54.6 Å². The smallest absolute Gasteiger partial charge is 0.343 e. The molecule has 182 valence electrons. The number of rotatable bonds is 7. The quantitative estimate of drug-likeness (QED) is 0.123. The van der Waals surface area contributed by atoms with E-state index in [-0.39, 0.29) is 5.78 Å². The molecule has 0 aliphatic rings. The van der Waals surface area contributed by atoms with E-state index in [1.165, 1.54) is 12.5 Å². The minimum atomic E-state index is -0.498. The molecule has 4 rings (SSSR count). The molecule has 0 bridgehead atoms. The predicted octanol–water partition coefficient (Wildman–Crippen LogP) is 7.09. The number of ketones is 1. The molecular formula is C32H30O4. The topological polar surface area (TPSA) is 52.6 Å². The van der Waals surface area contributed by atoms with E-state index >= 15 is 0 Å². The SMILES string of the molecule is COc1ccc(C(C)(c2ccccc2)c2ccc(OC(=O)c3cccc(C(C)=O)c3)cc2C)c(C)c1. The first-order chi connectivity index (χ1) is 17.2. The number of hydrogen-bond acceptors (Lipinski definition) is 4. The van der Waals surface area contributed by atoms with Crippen molar-refractivity contribution in [3.63, 3.8) is 0 Å². The molecule has 0 amide bonds. The first kappa shape index (κ1) is 24.9. The second-order valence-electron chi connectivity index (χ2n) is 9.18. The van der Waals surface area contributed by atoms with Crippen molar-refractivity contribution >= 4 is 11.8 Å². The number of esters is 1. The third-order valence-corrected chi connectivity index (χ3v) is 6.78. The first-order valence-electron chi connectivity index (χ1n) is 11.9. The third-order valence-electron chi connectivity index (χ3n) is 6.78. The lowest BCUT2D eigenvalue weighted by atomic mass is 9.68. The summed E-state index contributed by atoms with van der Waals surface area (Å²) >= 11 is 0. The molecule has 0 aliphatic heterocycles. The van der Waals surface area contributed by atoms with E-state index < -0.39 is 11.4 Å². The van der Waals surface area contributed by atoms with Gasteiger partial charge in [0.15, 0.2) is 5.78 Å². The van der Waals surface area contributed by atoms with Crippen molar-refractivity contribution in [3.8, 4) is 11.5 Å². The van der Waals surface area contributed by atoms with Crippen molar-refractivity contribution in [2.45, 2.75) is 33.1 Å². The Balaban J connectivity index is 1.74. The summed E-state index contributed by atoms with van der Waals surface area (Å²) in [5, 5.41) is 0. The summed E-state index contributed by atoms with van der Waals surface area (Å²) in [6.45, 7) is 7.82. The molecule has 4 heteroatoms. The Labute approximate surface area is 212 Å². The fourth-order valence-electron chi connectivity index (χ4n) is 4.84. The molecule has 1 unspecified atom stereocenters. The highest BCUT2D eigenvalue weighted by Gasteiger charge is 2.34. The fraction of sp³-hybridized carbons (Fsp3) is 0.188. The highest BCUT2D eigenvalue weighted by Crippen LogP contribution is 2.43. The molecule has 4 aromatic carbocycles. The van der Waals surface area contributed by atoms with Crippen LogP contribution in [0.3, 0.4) is 0 Å². The molecule has 0 N–H and O–H groups in total. The van der Waals surface area contributed by atoms with Crippen molar-refractivity contribution in [1.29, 1.82) is 0 Å². The van der Waals surface area contributed by atoms with Gasteiger partial charge in [-0.3, -0.25) is 4.79 Å². The summed E-state index contributed by atoms with van der Waals surface area (Å²) in [4.78, 5) is 24.5. The van der Waals surface area contributed by atoms with Crippen LogP contribution in [-0.4, -0.2) is 18.9 Å². The number of hydrogen-bond donors (Lipinski definition) is 0. The lowest BCUT2D eigenvalue weighted by molar-refractivity contribution is 0.0734. The van der Waals surface area contributed by atoms with Crippen LogP contribution in [0, 0.1) is 13.8 Å². The van der Waals surface area contributed by atoms with Gasteiger partial charge in [-0.2, -0.15) is 0 Å². The minimum absolute atomic E-state index is 0.0983. The molecule has 0 fully saturated rings. The highest BCUT2D eigenvalue weighted by atomic mass is 16.5. The minimum Gasteiger partial charge on any atom is -0.497 e. The van der Waals surface area contributed by atoms with Gasteiger partial charge < -0.3 is 9.47 Å². The molecule has 0 aliphatic carbocycles. The van der Waals surface area contributed by atoms with Gasteiger partial charge >= 0.3 is 5.97 Å². The fourth-order valence-corrected chi connectivity index (χ4v) is 4.84. The Hall–Kier alpha value is -4.18.